The molecular formula is C22H21NO6. The van der Waals surface area contributed by atoms with Gasteiger partial charge in [-0.2, -0.15) is 0 Å². The molecule has 3 aromatic rings. The molecule has 1 N–H and O–H groups in total. The Balaban J connectivity index is 1.82. The van der Waals surface area contributed by atoms with Crippen molar-refractivity contribution in [2.45, 2.75) is 26.3 Å². The van der Waals surface area contributed by atoms with Crippen LogP contribution in [0.25, 0.3) is 11.0 Å². The molecule has 7 nitrogen and oxygen atoms in total. The normalized spacial score (nSPS) is 16.9. The number of carbonyl (C=O) groups excluding carboxylic acids is 2. The smallest absolute Gasteiger partial charge is 0.290 e. The second kappa shape index (κ2) is 7.16. The lowest BCUT2D eigenvalue weighted by Gasteiger charge is -2.24. The standard InChI is InChI=1S/C22H21NO6/c1-4-10-23-18(14-9-8-12(2)28-14)17(20(25)22(23)26)19(24)16-11-13-6-5-7-15(27-3)21(13)29-16/h5-9,11,18,25H,4,10H2,1-3H3. The summed E-state index contributed by atoms with van der Waals surface area (Å²) < 4.78 is 16.7. The van der Waals surface area contributed by atoms with Crippen LogP contribution in [-0.4, -0.2) is 35.4 Å². The Morgan fingerprint density at radius 2 is 2.03 bits per heavy atom. The van der Waals surface area contributed by atoms with E-state index in [4.69, 9.17) is 13.6 Å². The summed E-state index contributed by atoms with van der Waals surface area (Å²) in [5.74, 6) is -0.149. The lowest BCUT2D eigenvalue weighted by atomic mass is 9.99. The summed E-state index contributed by atoms with van der Waals surface area (Å²) in [5, 5.41) is 11.2. The van der Waals surface area contributed by atoms with E-state index >= 15 is 0 Å². The molecule has 0 fully saturated rings. The number of aliphatic hydroxyl groups excluding tert-OH is 1. The molecule has 1 unspecified atom stereocenters. The van der Waals surface area contributed by atoms with Gasteiger partial charge in [-0.3, -0.25) is 9.59 Å². The van der Waals surface area contributed by atoms with Crippen LogP contribution in [0.2, 0.25) is 0 Å². The number of fused-ring (bicyclic) bond motifs is 1. The fourth-order valence-corrected chi connectivity index (χ4v) is 3.70. The van der Waals surface area contributed by atoms with E-state index in [2.05, 4.69) is 0 Å². The first-order chi connectivity index (χ1) is 14.0. The average Bonchev–Trinajstić information content (AvgIpc) is 3.40. The molecule has 1 amide bonds. The SMILES string of the molecule is CCCN1C(=O)C(O)=C(C(=O)c2cc3cccc(OC)c3o2)C1c1ccc(C)o1. The summed E-state index contributed by atoms with van der Waals surface area (Å²) in [4.78, 5) is 27.5. The minimum Gasteiger partial charge on any atom is -0.503 e. The molecule has 1 atom stereocenters. The number of amides is 1. The van der Waals surface area contributed by atoms with E-state index in [9.17, 15) is 14.7 Å². The van der Waals surface area contributed by atoms with Crippen LogP contribution in [0.1, 0.15) is 41.5 Å². The maximum Gasteiger partial charge on any atom is 0.290 e. The van der Waals surface area contributed by atoms with Gasteiger partial charge in [-0.1, -0.05) is 19.1 Å². The average molecular weight is 395 g/mol. The zero-order valence-corrected chi connectivity index (χ0v) is 16.4. The third kappa shape index (κ3) is 2.99. The summed E-state index contributed by atoms with van der Waals surface area (Å²) in [6.45, 7) is 4.07. The Kier molecular flexibility index (Phi) is 4.66. The van der Waals surface area contributed by atoms with Crippen molar-refractivity contribution in [1.29, 1.82) is 0 Å². The number of benzene rings is 1. The number of aliphatic hydroxyl groups is 1. The summed E-state index contributed by atoms with van der Waals surface area (Å²) in [5.41, 5.74) is 0.384. The van der Waals surface area contributed by atoms with Crippen LogP contribution in [0.5, 0.6) is 5.75 Å². The first-order valence-electron chi connectivity index (χ1n) is 9.38. The molecule has 2 aromatic heterocycles. The lowest BCUT2D eigenvalue weighted by molar-refractivity contribution is -0.129. The number of rotatable bonds is 6. The molecule has 1 aromatic carbocycles. The number of aryl methyl sites for hydroxylation is 1. The molecular weight excluding hydrogens is 374 g/mol. The van der Waals surface area contributed by atoms with Crippen molar-refractivity contribution in [3.8, 4) is 5.75 Å². The van der Waals surface area contributed by atoms with Gasteiger partial charge in [-0.25, -0.2) is 0 Å². The van der Waals surface area contributed by atoms with Crippen LogP contribution in [-0.2, 0) is 4.79 Å². The number of para-hydroxylation sites is 1. The molecule has 4 rings (SSSR count). The highest BCUT2D eigenvalue weighted by atomic mass is 16.5. The molecule has 7 heteroatoms. The van der Waals surface area contributed by atoms with Gasteiger partial charge in [0.15, 0.2) is 22.9 Å². The van der Waals surface area contributed by atoms with Gasteiger partial charge in [0, 0.05) is 11.9 Å². The van der Waals surface area contributed by atoms with Crippen molar-refractivity contribution in [2.24, 2.45) is 0 Å². The maximum absolute atomic E-state index is 13.3. The Morgan fingerprint density at radius 3 is 2.69 bits per heavy atom. The van der Waals surface area contributed by atoms with Crippen LogP contribution >= 0.6 is 0 Å². The molecule has 150 valence electrons. The zero-order valence-electron chi connectivity index (χ0n) is 16.4. The molecule has 1 aliphatic rings. The number of ketones is 1. The molecule has 0 aliphatic carbocycles. The van der Waals surface area contributed by atoms with Gasteiger partial charge in [0.25, 0.3) is 5.91 Å². The highest BCUT2D eigenvalue weighted by Gasteiger charge is 2.45. The summed E-state index contributed by atoms with van der Waals surface area (Å²) in [6, 6.07) is 9.56. The van der Waals surface area contributed by atoms with Crippen molar-refractivity contribution in [1.82, 2.24) is 4.90 Å². The Labute approximate surface area is 167 Å². The number of nitrogens with zero attached hydrogens (tertiary/aromatic N) is 1. The molecule has 0 bridgehead atoms. The Morgan fingerprint density at radius 1 is 1.24 bits per heavy atom. The van der Waals surface area contributed by atoms with Crippen LogP contribution < -0.4 is 4.74 Å². The quantitative estimate of drug-likeness (QED) is 0.625. The highest BCUT2D eigenvalue weighted by Crippen LogP contribution is 2.40. The molecule has 0 radical (unpaired) electrons. The third-order valence-corrected chi connectivity index (χ3v) is 5.00. The molecule has 1 aliphatic heterocycles. The monoisotopic (exact) mass is 395 g/mol. The molecule has 0 spiro atoms. The Bertz CT molecular complexity index is 1140. The predicted molar refractivity (Wildman–Crippen MR) is 105 cm³/mol. The topological polar surface area (TPSA) is 93.1 Å². The van der Waals surface area contributed by atoms with Gasteiger partial charge in [-0.05, 0) is 37.6 Å². The van der Waals surface area contributed by atoms with E-state index in [0.717, 1.165) is 0 Å². The number of Topliss-reactive ketones (excluding diaryl/α,β-unsaturated/α-hetero) is 1. The number of hydrogen-bond acceptors (Lipinski definition) is 6. The predicted octanol–water partition coefficient (Wildman–Crippen LogP) is 4.33. The summed E-state index contributed by atoms with van der Waals surface area (Å²) in [6.07, 6.45) is 0.665. The minimum absolute atomic E-state index is 0.0190. The fourth-order valence-electron chi connectivity index (χ4n) is 3.70. The maximum atomic E-state index is 13.3. The second-order valence-corrected chi connectivity index (χ2v) is 6.93. The van der Waals surface area contributed by atoms with Crippen LogP contribution in [0.3, 0.4) is 0 Å². The highest BCUT2D eigenvalue weighted by molar-refractivity contribution is 6.16. The van der Waals surface area contributed by atoms with E-state index in [0.29, 0.717) is 41.2 Å². The number of furan rings is 2. The number of carbonyl (C=O) groups is 2. The molecule has 0 saturated carbocycles. The van der Waals surface area contributed by atoms with Gasteiger partial charge in [0.1, 0.15) is 17.6 Å². The van der Waals surface area contributed by atoms with Crippen molar-refractivity contribution >= 4 is 22.7 Å². The molecule has 0 saturated heterocycles. The summed E-state index contributed by atoms with van der Waals surface area (Å²) in [7, 11) is 1.51. The van der Waals surface area contributed by atoms with Gasteiger partial charge in [-0.15, -0.1) is 0 Å². The van der Waals surface area contributed by atoms with E-state index in [-0.39, 0.29) is 11.3 Å². The van der Waals surface area contributed by atoms with E-state index in [1.54, 1.807) is 43.3 Å². The van der Waals surface area contributed by atoms with Gasteiger partial charge in [0.2, 0.25) is 5.78 Å². The molecule has 3 heterocycles. The van der Waals surface area contributed by atoms with Gasteiger partial charge in [0.05, 0.1) is 12.7 Å². The Hall–Kier alpha value is -3.48. The minimum atomic E-state index is -0.807. The second-order valence-electron chi connectivity index (χ2n) is 6.93. The van der Waals surface area contributed by atoms with Crippen molar-refractivity contribution in [3.05, 3.63) is 65.0 Å². The van der Waals surface area contributed by atoms with Crippen molar-refractivity contribution < 1.29 is 28.3 Å². The summed E-state index contributed by atoms with van der Waals surface area (Å²) >= 11 is 0. The van der Waals surface area contributed by atoms with E-state index in [1.807, 2.05) is 6.92 Å². The number of hydrogen-bond donors (Lipinski definition) is 1. The van der Waals surface area contributed by atoms with Gasteiger partial charge < -0.3 is 23.6 Å². The third-order valence-electron chi connectivity index (χ3n) is 5.00. The van der Waals surface area contributed by atoms with Gasteiger partial charge >= 0.3 is 0 Å². The van der Waals surface area contributed by atoms with Crippen LogP contribution in [0, 0.1) is 6.92 Å². The number of ether oxygens (including phenoxy) is 1. The first-order valence-corrected chi connectivity index (χ1v) is 9.38. The lowest BCUT2D eigenvalue weighted by Crippen LogP contribution is -2.31. The van der Waals surface area contributed by atoms with E-state index < -0.39 is 23.5 Å². The fraction of sp³-hybridized carbons (Fsp3) is 0.273. The number of methoxy groups -OCH3 is 1. The first kappa shape index (κ1) is 18.9. The van der Waals surface area contributed by atoms with E-state index in [1.165, 1.54) is 12.0 Å². The zero-order chi connectivity index (χ0) is 20.7. The van der Waals surface area contributed by atoms with Crippen LogP contribution in [0.15, 0.2) is 56.6 Å². The van der Waals surface area contributed by atoms with Crippen molar-refractivity contribution in [2.75, 3.05) is 13.7 Å². The van der Waals surface area contributed by atoms with Crippen LogP contribution in [0.4, 0.5) is 0 Å². The molecule has 29 heavy (non-hydrogen) atoms. The van der Waals surface area contributed by atoms with Crippen molar-refractivity contribution in [3.63, 3.8) is 0 Å². The largest absolute Gasteiger partial charge is 0.503 e.